The highest BCUT2D eigenvalue weighted by Crippen LogP contribution is 2.21. The van der Waals surface area contributed by atoms with E-state index >= 15 is 0 Å². The Labute approximate surface area is 89.6 Å². The fourth-order valence-electron chi connectivity index (χ4n) is 0.906. The Morgan fingerprint density at radius 1 is 1.58 bits per heavy atom. The van der Waals surface area contributed by atoms with Gasteiger partial charge in [0, 0.05) is 18.1 Å². The van der Waals surface area contributed by atoms with Gasteiger partial charge in [-0.2, -0.15) is 5.10 Å². The van der Waals surface area contributed by atoms with Crippen LogP contribution in [0.3, 0.4) is 0 Å². The Morgan fingerprint density at radius 2 is 2.25 bits per heavy atom. The minimum absolute atomic E-state index is 0.255. The minimum Gasteiger partial charge on any atom is -0.271 e. The molecule has 0 fully saturated rings. The van der Waals surface area contributed by atoms with Gasteiger partial charge in [-0.05, 0) is 21.3 Å². The molecule has 1 rings (SSSR count). The molecule has 68 valence electrons. The van der Waals surface area contributed by atoms with Gasteiger partial charge in [0.25, 0.3) is 0 Å². The molecule has 4 heteroatoms. The van der Waals surface area contributed by atoms with E-state index in [0.29, 0.717) is 0 Å². The Morgan fingerprint density at radius 3 is 2.67 bits per heavy atom. The van der Waals surface area contributed by atoms with Crippen molar-refractivity contribution in [2.45, 2.75) is 20.4 Å². The highest BCUT2D eigenvalue weighted by Gasteiger charge is 2.16. The maximum atomic E-state index is 4.20. The van der Waals surface area contributed by atoms with Gasteiger partial charge in [-0.15, -0.1) is 0 Å². The first-order valence-electron chi connectivity index (χ1n) is 3.77. The summed E-state index contributed by atoms with van der Waals surface area (Å²) in [6.45, 7) is 5.35. The summed E-state index contributed by atoms with van der Waals surface area (Å²) in [5, 5.41) is 5.18. The van der Waals surface area contributed by atoms with Crippen molar-refractivity contribution >= 4 is 31.9 Å². The molecular formula is C8H12Br2N2. The van der Waals surface area contributed by atoms with E-state index in [4.69, 9.17) is 0 Å². The van der Waals surface area contributed by atoms with Crippen LogP contribution in [0.4, 0.5) is 0 Å². The summed E-state index contributed by atoms with van der Waals surface area (Å²) >= 11 is 6.85. The molecule has 0 aliphatic carbocycles. The molecule has 0 aliphatic rings. The Bertz CT molecular complexity index is 255. The summed E-state index contributed by atoms with van der Waals surface area (Å²) in [4.78, 5) is 0. The van der Waals surface area contributed by atoms with Crippen LogP contribution in [-0.2, 0) is 6.54 Å². The van der Waals surface area contributed by atoms with Gasteiger partial charge < -0.3 is 0 Å². The SMILES string of the molecule is CC(C)(CBr)Cn1cc(Br)cn1. The van der Waals surface area contributed by atoms with Crippen LogP contribution in [0.15, 0.2) is 16.9 Å². The lowest BCUT2D eigenvalue weighted by molar-refractivity contribution is 0.335. The largest absolute Gasteiger partial charge is 0.271 e. The fraction of sp³-hybridized carbons (Fsp3) is 0.625. The molecule has 0 radical (unpaired) electrons. The Balaban J connectivity index is 2.63. The summed E-state index contributed by atoms with van der Waals surface area (Å²) < 4.78 is 2.98. The summed E-state index contributed by atoms with van der Waals surface area (Å²) in [6.07, 6.45) is 3.80. The quantitative estimate of drug-likeness (QED) is 0.784. The van der Waals surface area contributed by atoms with E-state index in [0.717, 1.165) is 16.3 Å². The van der Waals surface area contributed by atoms with Crippen LogP contribution in [-0.4, -0.2) is 15.1 Å². The topological polar surface area (TPSA) is 17.8 Å². The Kier molecular flexibility index (Phi) is 3.35. The molecule has 0 N–H and O–H groups in total. The molecule has 12 heavy (non-hydrogen) atoms. The average molecular weight is 296 g/mol. The molecule has 0 bridgehead atoms. The monoisotopic (exact) mass is 294 g/mol. The number of halogens is 2. The van der Waals surface area contributed by atoms with Crippen LogP contribution in [0.1, 0.15) is 13.8 Å². The standard InChI is InChI=1S/C8H12Br2N2/c1-8(2,5-9)6-12-4-7(10)3-11-12/h3-4H,5-6H2,1-2H3. The van der Waals surface area contributed by atoms with Crippen molar-refractivity contribution in [3.05, 3.63) is 16.9 Å². The van der Waals surface area contributed by atoms with Gasteiger partial charge in [-0.25, -0.2) is 0 Å². The molecule has 2 nitrogen and oxygen atoms in total. The van der Waals surface area contributed by atoms with E-state index < -0.39 is 0 Å². The lowest BCUT2D eigenvalue weighted by Gasteiger charge is -2.20. The van der Waals surface area contributed by atoms with Crippen LogP contribution in [0.25, 0.3) is 0 Å². The van der Waals surface area contributed by atoms with Gasteiger partial charge in [0.2, 0.25) is 0 Å². The van der Waals surface area contributed by atoms with Crippen LogP contribution >= 0.6 is 31.9 Å². The number of hydrogen-bond donors (Lipinski definition) is 0. The zero-order valence-corrected chi connectivity index (χ0v) is 10.4. The Hall–Kier alpha value is 0.170. The maximum Gasteiger partial charge on any atom is 0.0632 e. The molecule has 0 saturated heterocycles. The van der Waals surface area contributed by atoms with Crippen molar-refractivity contribution in [3.8, 4) is 0 Å². The number of aromatic nitrogens is 2. The summed E-state index contributed by atoms with van der Waals surface area (Å²) in [5.74, 6) is 0. The summed E-state index contributed by atoms with van der Waals surface area (Å²) in [6, 6.07) is 0. The van der Waals surface area contributed by atoms with Crippen molar-refractivity contribution in [2.75, 3.05) is 5.33 Å². The van der Waals surface area contributed by atoms with Crippen LogP contribution in [0.5, 0.6) is 0 Å². The highest BCUT2D eigenvalue weighted by molar-refractivity contribution is 9.10. The molecule has 0 unspecified atom stereocenters. The lowest BCUT2D eigenvalue weighted by Crippen LogP contribution is -2.21. The third-order valence-electron chi connectivity index (χ3n) is 1.55. The molecule has 0 amide bonds. The number of nitrogens with zero attached hydrogens (tertiary/aromatic N) is 2. The molecule has 0 saturated carbocycles. The van der Waals surface area contributed by atoms with Crippen molar-refractivity contribution in [2.24, 2.45) is 5.41 Å². The van der Waals surface area contributed by atoms with E-state index in [-0.39, 0.29) is 5.41 Å². The van der Waals surface area contributed by atoms with E-state index in [1.54, 1.807) is 0 Å². The molecule has 0 spiro atoms. The highest BCUT2D eigenvalue weighted by atomic mass is 79.9. The second-order valence-corrected chi connectivity index (χ2v) is 5.13. The van der Waals surface area contributed by atoms with Crippen molar-refractivity contribution in [1.29, 1.82) is 0 Å². The minimum atomic E-state index is 0.255. The van der Waals surface area contributed by atoms with Gasteiger partial charge >= 0.3 is 0 Å². The molecule has 1 aromatic rings. The van der Waals surface area contributed by atoms with Gasteiger partial charge in [0.15, 0.2) is 0 Å². The molecule has 0 atom stereocenters. The van der Waals surface area contributed by atoms with Crippen LogP contribution < -0.4 is 0 Å². The van der Waals surface area contributed by atoms with E-state index in [1.807, 2.05) is 17.1 Å². The second kappa shape index (κ2) is 3.92. The first kappa shape index (κ1) is 10.3. The maximum absolute atomic E-state index is 4.20. The third-order valence-corrected chi connectivity index (χ3v) is 3.48. The average Bonchev–Trinajstić information content (AvgIpc) is 2.35. The van der Waals surface area contributed by atoms with Crippen molar-refractivity contribution in [1.82, 2.24) is 9.78 Å². The third kappa shape index (κ3) is 2.90. The molecule has 1 heterocycles. The zero-order chi connectivity index (χ0) is 9.19. The van der Waals surface area contributed by atoms with Crippen molar-refractivity contribution in [3.63, 3.8) is 0 Å². The van der Waals surface area contributed by atoms with Crippen LogP contribution in [0, 0.1) is 5.41 Å². The summed E-state index contributed by atoms with van der Waals surface area (Å²) in [7, 11) is 0. The number of hydrogen-bond acceptors (Lipinski definition) is 1. The number of rotatable bonds is 3. The first-order valence-corrected chi connectivity index (χ1v) is 5.69. The van der Waals surface area contributed by atoms with Gasteiger partial charge in [-0.3, -0.25) is 4.68 Å². The van der Waals surface area contributed by atoms with E-state index in [1.165, 1.54) is 0 Å². The fourth-order valence-corrected chi connectivity index (χ4v) is 1.41. The zero-order valence-electron chi connectivity index (χ0n) is 7.22. The second-order valence-electron chi connectivity index (χ2n) is 3.65. The van der Waals surface area contributed by atoms with Crippen molar-refractivity contribution < 1.29 is 0 Å². The van der Waals surface area contributed by atoms with E-state index in [2.05, 4.69) is 50.8 Å². The molecule has 1 aromatic heterocycles. The number of alkyl halides is 1. The predicted molar refractivity (Wildman–Crippen MR) is 57.5 cm³/mol. The summed E-state index contributed by atoms with van der Waals surface area (Å²) in [5.41, 5.74) is 0.255. The van der Waals surface area contributed by atoms with Gasteiger partial charge in [0.1, 0.15) is 0 Å². The molecule has 0 aromatic carbocycles. The van der Waals surface area contributed by atoms with Gasteiger partial charge in [-0.1, -0.05) is 29.8 Å². The van der Waals surface area contributed by atoms with Gasteiger partial charge in [0.05, 0.1) is 10.7 Å². The lowest BCUT2D eigenvalue weighted by atomic mass is 9.97. The predicted octanol–water partition coefficient (Wildman–Crippen LogP) is 3.07. The normalized spacial score (nSPS) is 12.0. The van der Waals surface area contributed by atoms with Crippen LogP contribution in [0.2, 0.25) is 0 Å². The molecular weight excluding hydrogens is 284 g/mol. The molecule has 0 aliphatic heterocycles. The smallest absolute Gasteiger partial charge is 0.0632 e. The first-order chi connectivity index (χ1) is 5.53. The van der Waals surface area contributed by atoms with E-state index in [9.17, 15) is 0 Å².